The fraction of sp³-hybridized carbons (Fsp3) is 0.409. The van der Waals surface area contributed by atoms with E-state index in [1.54, 1.807) is 4.68 Å². The van der Waals surface area contributed by atoms with Crippen LogP contribution in [0.3, 0.4) is 0 Å². The first-order valence-corrected chi connectivity index (χ1v) is 10.6. The summed E-state index contributed by atoms with van der Waals surface area (Å²) >= 11 is 0. The molecule has 1 N–H and O–H groups in total. The third-order valence-electron chi connectivity index (χ3n) is 5.25. The second kappa shape index (κ2) is 10.3. The van der Waals surface area contributed by atoms with Crippen LogP contribution in [0.2, 0.25) is 0 Å². The fourth-order valence-electron chi connectivity index (χ4n) is 3.43. The maximum atomic E-state index is 12.0. The predicted octanol–water partition coefficient (Wildman–Crippen LogP) is 1.24. The van der Waals surface area contributed by atoms with Gasteiger partial charge < -0.3 is 14.8 Å². The molecule has 2 aromatic rings. The molecule has 0 spiro atoms. The molecule has 2 aliphatic rings. The number of nitrogens with zero attached hydrogens (tertiary/aromatic N) is 4. The van der Waals surface area contributed by atoms with Gasteiger partial charge in [0.05, 0.1) is 18.5 Å². The monoisotopic (exact) mass is 439 g/mol. The number of carbonyl (C=O) groups excluding carboxylic acids is 3. The smallest absolute Gasteiger partial charge is 0.253 e. The van der Waals surface area contributed by atoms with Crippen LogP contribution < -0.4 is 5.32 Å². The van der Waals surface area contributed by atoms with Crippen molar-refractivity contribution in [2.45, 2.75) is 45.1 Å². The Morgan fingerprint density at radius 1 is 1.16 bits per heavy atom. The van der Waals surface area contributed by atoms with Crippen molar-refractivity contribution in [3.8, 4) is 5.69 Å². The molecule has 1 atom stereocenters. The van der Waals surface area contributed by atoms with Crippen molar-refractivity contribution in [1.29, 1.82) is 0 Å². The highest BCUT2D eigenvalue weighted by Gasteiger charge is 2.23. The number of benzene rings is 1. The third-order valence-corrected chi connectivity index (χ3v) is 5.25. The molecule has 1 aromatic heterocycles. The summed E-state index contributed by atoms with van der Waals surface area (Å²) in [4.78, 5) is 36.1. The molecule has 1 saturated heterocycles. The highest BCUT2D eigenvalue weighted by atomic mass is 16.7. The van der Waals surface area contributed by atoms with Crippen LogP contribution in [0.1, 0.15) is 36.9 Å². The highest BCUT2D eigenvalue weighted by molar-refractivity contribution is 6.13. The molecular formula is C22H25N5O5. The summed E-state index contributed by atoms with van der Waals surface area (Å²) in [7, 11) is 0. The first-order chi connectivity index (χ1) is 15.6. The van der Waals surface area contributed by atoms with E-state index in [1.165, 1.54) is 12.2 Å². The summed E-state index contributed by atoms with van der Waals surface area (Å²) in [5.74, 6) is -1.00. The molecule has 4 rings (SSSR count). The zero-order valence-corrected chi connectivity index (χ0v) is 17.6. The first-order valence-electron chi connectivity index (χ1n) is 10.6. The number of aromatic nitrogens is 3. The van der Waals surface area contributed by atoms with Crippen LogP contribution in [0.5, 0.6) is 0 Å². The maximum absolute atomic E-state index is 12.0. The minimum absolute atomic E-state index is 0.0624. The molecule has 10 heteroatoms. The summed E-state index contributed by atoms with van der Waals surface area (Å²) in [6.45, 7) is 1.50. The lowest BCUT2D eigenvalue weighted by Crippen LogP contribution is -2.34. The van der Waals surface area contributed by atoms with Gasteiger partial charge in [-0.15, -0.1) is 5.10 Å². The average Bonchev–Trinajstić information content (AvgIpc) is 3.42. The van der Waals surface area contributed by atoms with Crippen molar-refractivity contribution in [3.05, 3.63) is 53.9 Å². The topological polar surface area (TPSA) is 116 Å². The van der Waals surface area contributed by atoms with Gasteiger partial charge in [0, 0.05) is 38.3 Å². The molecule has 1 fully saturated rings. The number of ether oxygens (including phenoxy) is 2. The molecule has 3 amide bonds. The molecule has 1 aromatic carbocycles. The summed E-state index contributed by atoms with van der Waals surface area (Å²) < 4.78 is 13.0. The largest absolute Gasteiger partial charge is 0.353 e. The molecule has 0 bridgehead atoms. The van der Waals surface area contributed by atoms with Gasteiger partial charge in [-0.1, -0.05) is 17.3 Å². The van der Waals surface area contributed by atoms with Crippen LogP contribution in [0.15, 0.2) is 42.6 Å². The van der Waals surface area contributed by atoms with Crippen LogP contribution in [-0.4, -0.2) is 57.1 Å². The molecule has 0 saturated carbocycles. The molecule has 0 aliphatic carbocycles. The zero-order chi connectivity index (χ0) is 22.3. The van der Waals surface area contributed by atoms with Crippen molar-refractivity contribution < 1.29 is 23.9 Å². The van der Waals surface area contributed by atoms with E-state index in [0.717, 1.165) is 47.7 Å². The molecular weight excluding hydrogens is 414 g/mol. The number of hydrogen-bond donors (Lipinski definition) is 1. The van der Waals surface area contributed by atoms with E-state index >= 15 is 0 Å². The third kappa shape index (κ3) is 5.65. The summed E-state index contributed by atoms with van der Waals surface area (Å²) in [6, 6.07) is 7.55. The van der Waals surface area contributed by atoms with E-state index in [4.69, 9.17) is 9.47 Å². The van der Waals surface area contributed by atoms with Gasteiger partial charge in [-0.05, 0) is 37.0 Å². The van der Waals surface area contributed by atoms with E-state index in [-0.39, 0.29) is 37.0 Å². The Balaban J connectivity index is 1.22. The minimum Gasteiger partial charge on any atom is -0.353 e. The van der Waals surface area contributed by atoms with E-state index < -0.39 is 0 Å². The summed E-state index contributed by atoms with van der Waals surface area (Å²) in [5, 5.41) is 11.1. The SMILES string of the molecule is O=C(CCN1C(=O)C=CC1=O)NCc1ccc(-n2cc(COC3CCCCO3)nn2)cc1. The maximum Gasteiger partial charge on any atom is 0.253 e. The van der Waals surface area contributed by atoms with Gasteiger partial charge in [-0.2, -0.15) is 0 Å². The molecule has 0 radical (unpaired) electrons. The zero-order valence-electron chi connectivity index (χ0n) is 17.6. The minimum atomic E-state index is -0.386. The van der Waals surface area contributed by atoms with Gasteiger partial charge in [-0.3, -0.25) is 19.3 Å². The highest BCUT2D eigenvalue weighted by Crippen LogP contribution is 2.16. The van der Waals surface area contributed by atoms with Gasteiger partial charge in [0.1, 0.15) is 5.69 Å². The normalized spacial score (nSPS) is 18.4. The van der Waals surface area contributed by atoms with Crippen molar-refractivity contribution in [3.63, 3.8) is 0 Å². The van der Waals surface area contributed by atoms with Gasteiger partial charge in [-0.25, -0.2) is 4.68 Å². The van der Waals surface area contributed by atoms with Gasteiger partial charge in [0.15, 0.2) is 6.29 Å². The summed E-state index contributed by atoms with van der Waals surface area (Å²) in [5.41, 5.74) is 2.47. The Bertz CT molecular complexity index is 976. The summed E-state index contributed by atoms with van der Waals surface area (Å²) in [6.07, 6.45) is 7.21. The molecule has 3 heterocycles. The van der Waals surface area contributed by atoms with E-state index in [9.17, 15) is 14.4 Å². The molecule has 168 valence electrons. The lowest BCUT2D eigenvalue weighted by Gasteiger charge is -2.22. The number of nitrogens with one attached hydrogen (secondary N) is 1. The Hall–Kier alpha value is -3.37. The Morgan fingerprint density at radius 3 is 2.66 bits per heavy atom. The quantitative estimate of drug-likeness (QED) is 0.585. The Morgan fingerprint density at radius 2 is 1.94 bits per heavy atom. The van der Waals surface area contributed by atoms with Gasteiger partial charge >= 0.3 is 0 Å². The van der Waals surface area contributed by atoms with E-state index in [2.05, 4.69) is 15.6 Å². The van der Waals surface area contributed by atoms with Crippen LogP contribution >= 0.6 is 0 Å². The van der Waals surface area contributed by atoms with Crippen molar-refractivity contribution in [2.24, 2.45) is 0 Å². The predicted molar refractivity (Wildman–Crippen MR) is 112 cm³/mol. The van der Waals surface area contributed by atoms with Crippen LogP contribution in [0, 0.1) is 0 Å². The Kier molecular flexibility index (Phi) is 7.03. The van der Waals surface area contributed by atoms with Crippen molar-refractivity contribution >= 4 is 17.7 Å². The first kappa shape index (κ1) is 21.8. The van der Waals surface area contributed by atoms with Gasteiger partial charge in [0.25, 0.3) is 11.8 Å². The number of rotatable bonds is 9. The van der Waals surface area contributed by atoms with Crippen LogP contribution in [-0.2, 0) is 37.0 Å². The molecule has 32 heavy (non-hydrogen) atoms. The second-order valence-corrected chi connectivity index (χ2v) is 7.62. The molecule has 2 aliphatic heterocycles. The van der Waals surface area contributed by atoms with Crippen molar-refractivity contribution in [1.82, 2.24) is 25.2 Å². The Labute approximate surface area is 185 Å². The van der Waals surface area contributed by atoms with Crippen LogP contribution in [0.25, 0.3) is 5.69 Å². The van der Waals surface area contributed by atoms with E-state index in [0.29, 0.717) is 13.2 Å². The average molecular weight is 439 g/mol. The number of imide groups is 1. The van der Waals surface area contributed by atoms with Crippen molar-refractivity contribution in [2.75, 3.05) is 13.2 Å². The number of hydrogen-bond acceptors (Lipinski definition) is 7. The lowest BCUT2D eigenvalue weighted by atomic mass is 10.2. The van der Waals surface area contributed by atoms with E-state index in [1.807, 2.05) is 30.5 Å². The molecule has 10 nitrogen and oxygen atoms in total. The van der Waals surface area contributed by atoms with Crippen LogP contribution in [0.4, 0.5) is 0 Å². The second-order valence-electron chi connectivity index (χ2n) is 7.62. The van der Waals surface area contributed by atoms with Gasteiger partial charge in [0.2, 0.25) is 5.91 Å². The molecule has 1 unspecified atom stereocenters. The standard InChI is InChI=1S/C22H25N5O5/c28-19(10-11-26-20(29)8-9-21(26)30)23-13-16-4-6-18(7-5-16)27-14-17(24-25-27)15-32-22-3-1-2-12-31-22/h4-9,14,22H,1-3,10-13,15H2,(H,23,28). The number of amides is 3. The number of carbonyl (C=O) groups is 3. The lowest BCUT2D eigenvalue weighted by molar-refractivity contribution is -0.169. The fourth-order valence-corrected chi connectivity index (χ4v) is 3.43.